The Hall–Kier alpha value is -0.238. The molecule has 2 atom stereocenters. The van der Waals surface area contributed by atoms with Crippen LogP contribution in [0.15, 0.2) is 23.9 Å². The summed E-state index contributed by atoms with van der Waals surface area (Å²) in [7, 11) is -1.02. The fraction of sp³-hybridized carbons (Fsp3) is 0.714. The molecule has 0 aromatic carbocycles. The highest BCUT2D eigenvalue weighted by atomic mass is 28.3. The molecule has 1 aliphatic heterocycles. The number of hydrogen-bond acceptors (Lipinski definition) is 0. The largest absolute Gasteiger partial charge is 0.144 e. The van der Waals surface area contributed by atoms with Crippen LogP contribution in [-0.4, -0.2) is 14.8 Å². The molecule has 88 valence electrons. The molecule has 0 unspecified atom stereocenters. The van der Waals surface area contributed by atoms with Gasteiger partial charge in [0, 0.05) is 0 Å². The fourth-order valence-corrected chi connectivity index (χ4v) is 5.20. The zero-order valence-electron chi connectivity index (χ0n) is 11.1. The van der Waals surface area contributed by atoms with E-state index < -0.39 is 8.07 Å². The van der Waals surface area contributed by atoms with Gasteiger partial charge in [0.1, 0.15) is 6.71 Å². The van der Waals surface area contributed by atoms with Crippen LogP contribution in [0, 0.1) is 11.8 Å². The molecule has 16 heavy (non-hydrogen) atoms. The molecular formula is C14H25BSi. The van der Waals surface area contributed by atoms with E-state index in [1.54, 1.807) is 0 Å². The zero-order chi connectivity index (χ0) is 11.8. The van der Waals surface area contributed by atoms with Crippen LogP contribution >= 0.6 is 0 Å². The first-order valence-corrected chi connectivity index (χ1v) is 10.3. The normalized spacial score (nSPS) is 29.9. The Bertz CT molecular complexity index is 300. The van der Waals surface area contributed by atoms with Crippen molar-refractivity contribution < 1.29 is 0 Å². The van der Waals surface area contributed by atoms with E-state index in [4.69, 9.17) is 0 Å². The first-order valence-electron chi connectivity index (χ1n) is 6.81. The van der Waals surface area contributed by atoms with E-state index in [2.05, 4.69) is 38.4 Å². The van der Waals surface area contributed by atoms with Crippen LogP contribution in [0.5, 0.6) is 0 Å². The molecule has 2 rings (SSSR count). The standard InChI is InChI=1S/C14H25BSi/c1-5-6-15-10-12-7-13(11-15)9-14(8-12)16(2,3)4/h5,8,12-13H,1,6-7,9-11H2,2-4H3/t12-,13+/m0/s1. The minimum atomic E-state index is -1.02. The van der Waals surface area contributed by atoms with Crippen molar-refractivity contribution in [3.8, 4) is 0 Å². The van der Waals surface area contributed by atoms with Gasteiger partial charge in [0.25, 0.3) is 0 Å². The molecule has 1 aliphatic carbocycles. The highest BCUT2D eigenvalue weighted by molar-refractivity contribution is 6.83. The van der Waals surface area contributed by atoms with E-state index in [9.17, 15) is 0 Å². The minimum Gasteiger partial charge on any atom is -0.104 e. The maximum absolute atomic E-state index is 3.89. The highest BCUT2D eigenvalue weighted by Crippen LogP contribution is 2.42. The molecular weight excluding hydrogens is 207 g/mol. The lowest BCUT2D eigenvalue weighted by Gasteiger charge is -2.39. The maximum atomic E-state index is 3.89. The van der Waals surface area contributed by atoms with Gasteiger partial charge in [-0.25, -0.2) is 0 Å². The van der Waals surface area contributed by atoms with Gasteiger partial charge >= 0.3 is 0 Å². The molecule has 0 aromatic heterocycles. The van der Waals surface area contributed by atoms with Crippen LogP contribution in [0.4, 0.5) is 0 Å². The van der Waals surface area contributed by atoms with Gasteiger partial charge in [-0.1, -0.05) is 55.9 Å². The van der Waals surface area contributed by atoms with Crippen molar-refractivity contribution in [1.29, 1.82) is 0 Å². The molecule has 1 saturated heterocycles. The van der Waals surface area contributed by atoms with E-state index in [-0.39, 0.29) is 0 Å². The number of fused-ring (bicyclic) bond motifs is 2. The van der Waals surface area contributed by atoms with Crippen LogP contribution in [0.2, 0.25) is 38.6 Å². The molecule has 2 aliphatic rings. The topological polar surface area (TPSA) is 0 Å². The van der Waals surface area contributed by atoms with Crippen molar-refractivity contribution >= 4 is 14.8 Å². The Morgan fingerprint density at radius 3 is 2.75 bits per heavy atom. The van der Waals surface area contributed by atoms with Crippen LogP contribution in [-0.2, 0) is 0 Å². The van der Waals surface area contributed by atoms with Crippen LogP contribution in [0.25, 0.3) is 0 Å². The monoisotopic (exact) mass is 232 g/mol. The summed E-state index contributed by atoms with van der Waals surface area (Å²) < 4.78 is 0. The van der Waals surface area contributed by atoms with Crippen molar-refractivity contribution in [2.45, 2.75) is 51.4 Å². The van der Waals surface area contributed by atoms with Gasteiger partial charge in [0.2, 0.25) is 0 Å². The van der Waals surface area contributed by atoms with Crippen LogP contribution < -0.4 is 0 Å². The third-order valence-corrected chi connectivity index (χ3v) is 6.65. The third kappa shape index (κ3) is 2.71. The molecule has 0 radical (unpaired) electrons. The summed E-state index contributed by atoms with van der Waals surface area (Å²) in [5.74, 6) is 1.90. The predicted molar refractivity (Wildman–Crippen MR) is 78.0 cm³/mol. The van der Waals surface area contributed by atoms with Gasteiger partial charge in [0.05, 0.1) is 8.07 Å². The second kappa shape index (κ2) is 4.56. The SMILES string of the molecule is C=CCB1C[C@@H]2C=C([Si](C)(C)C)C[C@H](C1)C2. The van der Waals surface area contributed by atoms with Gasteiger partial charge in [-0.05, 0) is 24.7 Å². The van der Waals surface area contributed by atoms with E-state index >= 15 is 0 Å². The molecule has 1 heterocycles. The zero-order valence-corrected chi connectivity index (χ0v) is 12.1. The average Bonchev–Trinajstić information content (AvgIpc) is 2.15. The quantitative estimate of drug-likeness (QED) is 0.496. The first kappa shape index (κ1) is 12.2. The number of allylic oxidation sites excluding steroid dienone is 3. The number of hydrogen-bond donors (Lipinski definition) is 0. The van der Waals surface area contributed by atoms with E-state index in [1.807, 2.05) is 5.20 Å². The van der Waals surface area contributed by atoms with Crippen molar-refractivity contribution in [2.75, 3.05) is 0 Å². The molecule has 0 N–H and O–H groups in total. The Kier molecular flexibility index (Phi) is 3.48. The molecule has 1 fully saturated rings. The number of rotatable bonds is 3. The Balaban J connectivity index is 2.09. The fourth-order valence-electron chi connectivity index (χ4n) is 3.57. The maximum Gasteiger partial charge on any atom is 0.144 e. The van der Waals surface area contributed by atoms with Crippen LogP contribution in [0.3, 0.4) is 0 Å². The Labute approximate surface area is 102 Å². The van der Waals surface area contributed by atoms with Gasteiger partial charge in [-0.3, -0.25) is 0 Å². The molecule has 2 bridgehead atoms. The summed E-state index contributed by atoms with van der Waals surface area (Å²) in [5.41, 5.74) is 0. The smallest absolute Gasteiger partial charge is 0.104 e. The van der Waals surface area contributed by atoms with Crippen molar-refractivity contribution in [2.24, 2.45) is 11.8 Å². The van der Waals surface area contributed by atoms with Gasteiger partial charge in [-0.15, -0.1) is 6.58 Å². The van der Waals surface area contributed by atoms with Gasteiger partial charge in [-0.2, -0.15) is 0 Å². The van der Waals surface area contributed by atoms with Crippen molar-refractivity contribution in [3.05, 3.63) is 23.9 Å². The predicted octanol–water partition coefficient (Wildman–Crippen LogP) is 4.51. The third-order valence-electron chi connectivity index (χ3n) is 4.35. The Morgan fingerprint density at radius 1 is 1.44 bits per heavy atom. The lowest BCUT2D eigenvalue weighted by Crippen LogP contribution is -2.35. The summed E-state index contributed by atoms with van der Waals surface area (Å²) in [5, 5.41) is 1.85. The van der Waals surface area contributed by atoms with E-state index in [1.165, 1.54) is 31.8 Å². The summed E-state index contributed by atoms with van der Waals surface area (Å²) in [6, 6.07) is 0. The van der Waals surface area contributed by atoms with Crippen LogP contribution in [0.1, 0.15) is 12.8 Å². The van der Waals surface area contributed by atoms with E-state index in [0.717, 1.165) is 18.5 Å². The molecule has 0 aromatic rings. The molecule has 0 amide bonds. The second-order valence-electron chi connectivity index (χ2n) is 6.87. The van der Waals surface area contributed by atoms with E-state index in [0.29, 0.717) is 0 Å². The lowest BCUT2D eigenvalue weighted by atomic mass is 9.35. The van der Waals surface area contributed by atoms with Gasteiger partial charge < -0.3 is 0 Å². The Morgan fingerprint density at radius 2 is 2.19 bits per heavy atom. The summed E-state index contributed by atoms with van der Waals surface area (Å²) >= 11 is 0. The lowest BCUT2D eigenvalue weighted by molar-refractivity contribution is 0.415. The summed E-state index contributed by atoms with van der Waals surface area (Å²) in [6.07, 6.45) is 11.8. The van der Waals surface area contributed by atoms with Crippen molar-refractivity contribution in [1.82, 2.24) is 0 Å². The molecule has 2 heteroatoms. The van der Waals surface area contributed by atoms with Gasteiger partial charge in [0.15, 0.2) is 0 Å². The molecule has 0 spiro atoms. The summed E-state index contributed by atoms with van der Waals surface area (Å²) in [4.78, 5) is 0. The molecule has 0 saturated carbocycles. The highest BCUT2D eigenvalue weighted by Gasteiger charge is 2.35. The first-order chi connectivity index (χ1) is 7.49. The van der Waals surface area contributed by atoms with Crippen molar-refractivity contribution in [3.63, 3.8) is 0 Å². The second-order valence-corrected chi connectivity index (χ2v) is 12.0. The summed E-state index contributed by atoms with van der Waals surface area (Å²) in [6.45, 7) is 12.3. The average molecular weight is 232 g/mol. The molecule has 0 nitrogen and oxygen atoms in total. The minimum absolute atomic E-state index is 0.902.